The van der Waals surface area contributed by atoms with Gasteiger partial charge in [0.05, 0.1) is 13.1 Å². The zero-order chi connectivity index (χ0) is 14.8. The summed E-state index contributed by atoms with van der Waals surface area (Å²) in [5.41, 5.74) is 1.03. The molecule has 2 unspecified atom stereocenters. The molecule has 0 heterocycles. The highest BCUT2D eigenvalue weighted by Crippen LogP contribution is 2.41. The molecule has 1 aliphatic rings. The normalized spacial score (nSPS) is 21.6. The Morgan fingerprint density at radius 3 is 2.80 bits per heavy atom. The third kappa shape index (κ3) is 4.68. The number of rotatable bonds is 5. The van der Waals surface area contributed by atoms with Crippen molar-refractivity contribution >= 4 is 17.5 Å². The van der Waals surface area contributed by atoms with Gasteiger partial charge in [0.25, 0.3) is 0 Å². The molecule has 20 heavy (non-hydrogen) atoms. The molecule has 2 atom stereocenters. The highest BCUT2D eigenvalue weighted by Gasteiger charge is 2.39. The number of carbonyl (C=O) groups is 1. The van der Waals surface area contributed by atoms with E-state index in [0.717, 1.165) is 12.0 Å². The van der Waals surface area contributed by atoms with Gasteiger partial charge in [0.1, 0.15) is 0 Å². The molecule has 1 aromatic rings. The number of benzene rings is 1. The summed E-state index contributed by atoms with van der Waals surface area (Å²) in [5, 5.41) is 5.39. The zero-order valence-electron chi connectivity index (χ0n) is 10.5. The van der Waals surface area contributed by atoms with Crippen LogP contribution in [0.25, 0.3) is 0 Å². The van der Waals surface area contributed by atoms with Crippen LogP contribution in [0.4, 0.5) is 13.2 Å². The molecule has 3 nitrogen and oxygen atoms in total. The lowest BCUT2D eigenvalue weighted by molar-refractivity contribution is -0.128. The minimum Gasteiger partial charge on any atom is -0.352 e. The van der Waals surface area contributed by atoms with E-state index >= 15 is 0 Å². The van der Waals surface area contributed by atoms with Crippen LogP contribution in [-0.2, 0) is 4.79 Å². The summed E-state index contributed by atoms with van der Waals surface area (Å²) in [6, 6.07) is 7.33. The molecule has 2 rings (SSSR count). The molecule has 0 saturated heterocycles. The van der Waals surface area contributed by atoms with E-state index in [1.54, 1.807) is 6.07 Å². The fourth-order valence-corrected chi connectivity index (χ4v) is 2.23. The molecule has 1 saturated carbocycles. The van der Waals surface area contributed by atoms with Crippen LogP contribution in [0.1, 0.15) is 17.9 Å². The van der Waals surface area contributed by atoms with E-state index in [-0.39, 0.29) is 18.5 Å². The van der Waals surface area contributed by atoms with Gasteiger partial charge in [-0.1, -0.05) is 23.7 Å². The van der Waals surface area contributed by atoms with Crippen molar-refractivity contribution < 1.29 is 18.0 Å². The Hall–Kier alpha value is -1.27. The first-order valence-corrected chi connectivity index (χ1v) is 6.55. The molecule has 7 heteroatoms. The minimum atomic E-state index is -4.30. The first-order valence-electron chi connectivity index (χ1n) is 6.17. The smallest absolute Gasteiger partial charge is 0.352 e. The monoisotopic (exact) mass is 306 g/mol. The fourth-order valence-electron chi connectivity index (χ4n) is 2.04. The van der Waals surface area contributed by atoms with Gasteiger partial charge in [-0.15, -0.1) is 0 Å². The summed E-state index contributed by atoms with van der Waals surface area (Å²) in [6.45, 7) is -1.50. The largest absolute Gasteiger partial charge is 0.401 e. The minimum absolute atomic E-state index is 0.0198. The average Bonchev–Trinajstić information content (AvgIpc) is 3.06. The number of carbonyl (C=O) groups excluding carboxylic acids is 1. The molecular weight excluding hydrogens is 293 g/mol. The van der Waals surface area contributed by atoms with E-state index in [0.29, 0.717) is 5.02 Å². The van der Waals surface area contributed by atoms with E-state index in [2.05, 4.69) is 10.6 Å². The third-order valence-electron chi connectivity index (χ3n) is 3.02. The van der Waals surface area contributed by atoms with Crippen LogP contribution in [0.15, 0.2) is 24.3 Å². The maximum absolute atomic E-state index is 11.9. The number of hydrogen-bond donors (Lipinski definition) is 2. The van der Waals surface area contributed by atoms with Gasteiger partial charge in [0.2, 0.25) is 5.91 Å². The molecule has 0 bridgehead atoms. The summed E-state index contributed by atoms with van der Waals surface area (Å²) in [4.78, 5) is 11.5. The Bertz CT molecular complexity index is 493. The van der Waals surface area contributed by atoms with Crippen LogP contribution in [0.3, 0.4) is 0 Å². The van der Waals surface area contributed by atoms with Crippen LogP contribution in [0.2, 0.25) is 5.02 Å². The number of hydrogen-bond acceptors (Lipinski definition) is 2. The summed E-state index contributed by atoms with van der Waals surface area (Å²) in [5.74, 6) is -0.232. The third-order valence-corrected chi connectivity index (χ3v) is 3.26. The number of alkyl halides is 3. The Balaban J connectivity index is 1.72. The second-order valence-corrected chi connectivity index (χ2v) is 5.23. The lowest BCUT2D eigenvalue weighted by Gasteiger charge is -2.08. The van der Waals surface area contributed by atoms with Gasteiger partial charge in [0, 0.05) is 17.0 Å². The van der Waals surface area contributed by atoms with Gasteiger partial charge < -0.3 is 10.6 Å². The number of nitrogens with one attached hydrogen (secondary N) is 2. The topological polar surface area (TPSA) is 41.1 Å². The van der Waals surface area contributed by atoms with Gasteiger partial charge >= 0.3 is 6.18 Å². The highest BCUT2D eigenvalue weighted by molar-refractivity contribution is 6.30. The molecule has 1 amide bonds. The maximum Gasteiger partial charge on any atom is 0.401 e. The zero-order valence-corrected chi connectivity index (χ0v) is 11.3. The molecule has 0 aromatic heterocycles. The second kappa shape index (κ2) is 6.01. The summed E-state index contributed by atoms with van der Waals surface area (Å²) < 4.78 is 35.7. The van der Waals surface area contributed by atoms with Crippen LogP contribution in [-0.4, -0.2) is 31.2 Å². The highest BCUT2D eigenvalue weighted by atomic mass is 35.5. The Kier molecular flexibility index (Phi) is 4.55. The first kappa shape index (κ1) is 15.1. The van der Waals surface area contributed by atoms with Crippen LogP contribution < -0.4 is 10.6 Å². The molecular formula is C13H14ClF3N2O. The Morgan fingerprint density at radius 2 is 2.15 bits per heavy atom. The van der Waals surface area contributed by atoms with Gasteiger partial charge in [-0.2, -0.15) is 13.2 Å². The SMILES string of the molecule is O=C(CNCC(F)(F)F)NC1CC1c1cccc(Cl)c1. The summed E-state index contributed by atoms with van der Waals surface area (Å²) >= 11 is 5.88. The molecule has 1 aliphatic carbocycles. The van der Waals surface area contributed by atoms with Gasteiger partial charge in [0.15, 0.2) is 0 Å². The quantitative estimate of drug-likeness (QED) is 0.877. The van der Waals surface area contributed by atoms with Crippen molar-refractivity contribution in [2.75, 3.05) is 13.1 Å². The molecule has 1 aromatic carbocycles. The predicted octanol–water partition coefficient (Wildman–Crippen LogP) is 2.46. The Morgan fingerprint density at radius 1 is 1.40 bits per heavy atom. The first-order chi connectivity index (χ1) is 9.35. The van der Waals surface area contributed by atoms with Gasteiger partial charge in [-0.05, 0) is 24.1 Å². The average molecular weight is 307 g/mol. The molecule has 110 valence electrons. The van der Waals surface area contributed by atoms with E-state index in [1.165, 1.54) is 0 Å². The van der Waals surface area contributed by atoms with E-state index in [9.17, 15) is 18.0 Å². The van der Waals surface area contributed by atoms with Gasteiger partial charge in [-0.3, -0.25) is 4.79 Å². The van der Waals surface area contributed by atoms with Crippen molar-refractivity contribution in [3.8, 4) is 0 Å². The lowest BCUT2D eigenvalue weighted by Crippen LogP contribution is -2.39. The number of halogens is 4. The molecule has 1 fully saturated rings. The summed E-state index contributed by atoms with van der Waals surface area (Å²) in [7, 11) is 0. The molecule has 0 aliphatic heterocycles. The van der Waals surface area contributed by atoms with Crippen LogP contribution >= 0.6 is 11.6 Å². The number of amides is 1. The molecule has 0 radical (unpaired) electrons. The maximum atomic E-state index is 11.9. The van der Waals surface area contributed by atoms with E-state index in [4.69, 9.17) is 11.6 Å². The van der Waals surface area contributed by atoms with Crippen molar-refractivity contribution in [2.24, 2.45) is 0 Å². The fraction of sp³-hybridized carbons (Fsp3) is 0.462. The van der Waals surface area contributed by atoms with Crippen molar-refractivity contribution in [1.29, 1.82) is 0 Å². The summed E-state index contributed by atoms with van der Waals surface area (Å²) in [6.07, 6.45) is -3.52. The standard InChI is InChI=1S/C13H14ClF3N2O/c14-9-3-1-2-8(4-9)10-5-11(10)19-12(20)6-18-7-13(15,16)17/h1-4,10-11,18H,5-7H2,(H,19,20). The van der Waals surface area contributed by atoms with Crippen molar-refractivity contribution in [3.63, 3.8) is 0 Å². The van der Waals surface area contributed by atoms with Crippen molar-refractivity contribution in [3.05, 3.63) is 34.9 Å². The predicted molar refractivity (Wildman–Crippen MR) is 69.7 cm³/mol. The molecule has 0 spiro atoms. The van der Waals surface area contributed by atoms with Crippen LogP contribution in [0.5, 0.6) is 0 Å². The van der Waals surface area contributed by atoms with E-state index < -0.39 is 18.6 Å². The van der Waals surface area contributed by atoms with Crippen molar-refractivity contribution in [1.82, 2.24) is 10.6 Å². The van der Waals surface area contributed by atoms with Crippen LogP contribution in [0, 0.1) is 0 Å². The molecule has 2 N–H and O–H groups in total. The lowest BCUT2D eigenvalue weighted by atomic mass is 10.1. The Labute approximate surface area is 119 Å². The van der Waals surface area contributed by atoms with Gasteiger partial charge in [-0.25, -0.2) is 0 Å². The van der Waals surface area contributed by atoms with Crippen molar-refractivity contribution in [2.45, 2.75) is 24.6 Å². The van der Waals surface area contributed by atoms with E-state index in [1.807, 2.05) is 18.2 Å². The second-order valence-electron chi connectivity index (χ2n) is 4.79.